The van der Waals surface area contributed by atoms with E-state index in [1.54, 1.807) is 0 Å². The molecular weight excluding hydrogens is 299 g/mol. The quantitative estimate of drug-likeness (QED) is 0.568. The molecule has 0 aliphatic rings. The van der Waals surface area contributed by atoms with Gasteiger partial charge in [-0.2, -0.15) is 0 Å². The van der Waals surface area contributed by atoms with Crippen LogP contribution in [0.5, 0.6) is 5.75 Å². The molecule has 3 aromatic carbocycles. The van der Waals surface area contributed by atoms with Gasteiger partial charge in [-0.15, -0.1) is 0 Å². The molecule has 0 fully saturated rings. The molecule has 0 aliphatic carbocycles. The Balaban J connectivity index is 1.63. The number of halogens is 1. The van der Waals surface area contributed by atoms with Gasteiger partial charge in [-0.05, 0) is 66.3 Å². The lowest BCUT2D eigenvalue weighted by Gasteiger charge is -2.07. The predicted molar refractivity (Wildman–Crippen MR) is 96.9 cm³/mol. The molecule has 0 amide bonds. The Labute approximate surface area is 142 Å². The van der Waals surface area contributed by atoms with Crippen LogP contribution >= 0.6 is 0 Å². The second-order valence-electron chi connectivity index (χ2n) is 5.78. The first-order valence-electron chi connectivity index (χ1n) is 8.31. The van der Waals surface area contributed by atoms with Crippen LogP contribution in [-0.2, 0) is 12.8 Å². The summed E-state index contributed by atoms with van der Waals surface area (Å²) >= 11 is 0. The summed E-state index contributed by atoms with van der Waals surface area (Å²) in [6.07, 6.45) is 1.87. The lowest BCUT2D eigenvalue weighted by atomic mass is 10.0. The highest BCUT2D eigenvalue weighted by molar-refractivity contribution is 5.64. The molecule has 0 N–H and O–H groups in total. The molecule has 0 saturated carbocycles. The largest absolute Gasteiger partial charge is 0.494 e. The Hall–Kier alpha value is -2.61. The summed E-state index contributed by atoms with van der Waals surface area (Å²) in [4.78, 5) is 0. The fourth-order valence-electron chi connectivity index (χ4n) is 2.71. The normalized spacial score (nSPS) is 10.6. The molecule has 0 saturated heterocycles. The van der Waals surface area contributed by atoms with E-state index in [1.165, 1.54) is 28.8 Å². The van der Waals surface area contributed by atoms with Crippen LogP contribution in [0.15, 0.2) is 72.8 Å². The summed E-state index contributed by atoms with van der Waals surface area (Å²) in [5, 5.41) is 0. The van der Waals surface area contributed by atoms with E-state index < -0.39 is 0 Å². The maximum atomic E-state index is 12.9. The van der Waals surface area contributed by atoms with Gasteiger partial charge in [0.05, 0.1) is 6.61 Å². The van der Waals surface area contributed by atoms with Gasteiger partial charge >= 0.3 is 0 Å². The molecule has 0 aromatic heterocycles. The molecule has 0 heterocycles. The van der Waals surface area contributed by atoms with E-state index in [1.807, 2.05) is 31.2 Å². The van der Waals surface area contributed by atoms with E-state index >= 15 is 0 Å². The van der Waals surface area contributed by atoms with Crippen molar-refractivity contribution < 1.29 is 9.13 Å². The minimum atomic E-state index is -0.182. The van der Waals surface area contributed by atoms with Crippen molar-refractivity contribution in [3.63, 3.8) is 0 Å². The zero-order valence-corrected chi connectivity index (χ0v) is 13.8. The molecule has 0 bridgehead atoms. The molecule has 1 nitrogen and oxygen atoms in total. The Morgan fingerprint density at radius 2 is 1.12 bits per heavy atom. The van der Waals surface area contributed by atoms with E-state index in [-0.39, 0.29) is 5.82 Å². The van der Waals surface area contributed by atoms with Crippen molar-refractivity contribution in [2.45, 2.75) is 19.8 Å². The van der Waals surface area contributed by atoms with E-state index in [9.17, 15) is 4.39 Å². The summed E-state index contributed by atoms with van der Waals surface area (Å²) in [5.74, 6) is 0.718. The summed E-state index contributed by atoms with van der Waals surface area (Å²) < 4.78 is 18.4. The molecule has 24 heavy (non-hydrogen) atoms. The fraction of sp³-hybridized carbons (Fsp3) is 0.182. The number of hydrogen-bond donors (Lipinski definition) is 0. The molecule has 3 rings (SSSR count). The predicted octanol–water partition coefficient (Wildman–Crippen LogP) is 5.68. The average molecular weight is 320 g/mol. The van der Waals surface area contributed by atoms with Crippen LogP contribution in [0.3, 0.4) is 0 Å². The van der Waals surface area contributed by atoms with Gasteiger partial charge in [-0.1, -0.05) is 48.5 Å². The van der Waals surface area contributed by atoms with Crippen LogP contribution in [0.4, 0.5) is 4.39 Å². The third kappa shape index (κ3) is 4.23. The Kier molecular flexibility index (Phi) is 5.27. The van der Waals surface area contributed by atoms with Crippen molar-refractivity contribution in [2.24, 2.45) is 0 Å². The van der Waals surface area contributed by atoms with Gasteiger partial charge in [-0.25, -0.2) is 4.39 Å². The van der Waals surface area contributed by atoms with E-state index in [0.717, 1.165) is 24.2 Å². The molecule has 122 valence electrons. The SMILES string of the molecule is CCOc1ccc(-c2ccc(CCc3ccc(F)cc3)cc2)cc1. The van der Waals surface area contributed by atoms with Crippen LogP contribution < -0.4 is 4.74 Å². The highest BCUT2D eigenvalue weighted by Crippen LogP contribution is 2.23. The molecule has 0 spiro atoms. The lowest BCUT2D eigenvalue weighted by molar-refractivity contribution is 0.340. The monoisotopic (exact) mass is 320 g/mol. The number of aryl methyl sites for hydroxylation is 2. The van der Waals surface area contributed by atoms with E-state index in [0.29, 0.717) is 6.61 Å². The zero-order chi connectivity index (χ0) is 16.8. The first-order chi connectivity index (χ1) is 11.7. The summed E-state index contributed by atoms with van der Waals surface area (Å²) in [6, 6.07) is 23.5. The zero-order valence-electron chi connectivity index (χ0n) is 13.8. The van der Waals surface area contributed by atoms with Crippen molar-refractivity contribution in [3.8, 4) is 16.9 Å². The molecule has 0 unspecified atom stereocenters. The average Bonchev–Trinajstić information content (AvgIpc) is 2.63. The van der Waals surface area contributed by atoms with Crippen LogP contribution in [-0.4, -0.2) is 6.61 Å². The van der Waals surface area contributed by atoms with E-state index in [2.05, 4.69) is 36.4 Å². The first kappa shape index (κ1) is 16.3. The number of ether oxygens (including phenoxy) is 1. The van der Waals surface area contributed by atoms with Crippen LogP contribution in [0.1, 0.15) is 18.1 Å². The Morgan fingerprint density at radius 1 is 0.667 bits per heavy atom. The maximum Gasteiger partial charge on any atom is 0.123 e. The van der Waals surface area contributed by atoms with E-state index in [4.69, 9.17) is 4.74 Å². The summed E-state index contributed by atoms with van der Waals surface area (Å²) in [5.41, 5.74) is 4.83. The van der Waals surface area contributed by atoms with Gasteiger partial charge in [0, 0.05) is 0 Å². The second-order valence-corrected chi connectivity index (χ2v) is 5.78. The minimum Gasteiger partial charge on any atom is -0.494 e. The van der Waals surface area contributed by atoms with Gasteiger partial charge in [0.2, 0.25) is 0 Å². The molecule has 2 heteroatoms. The van der Waals surface area contributed by atoms with Crippen LogP contribution in [0, 0.1) is 5.82 Å². The maximum absolute atomic E-state index is 12.9. The first-order valence-corrected chi connectivity index (χ1v) is 8.31. The van der Waals surface area contributed by atoms with Crippen molar-refractivity contribution >= 4 is 0 Å². The highest BCUT2D eigenvalue weighted by Gasteiger charge is 2.01. The van der Waals surface area contributed by atoms with Crippen molar-refractivity contribution in [2.75, 3.05) is 6.61 Å². The molecular formula is C22H21FO. The Bertz CT molecular complexity index is 759. The third-order valence-electron chi connectivity index (χ3n) is 4.07. The fourth-order valence-corrected chi connectivity index (χ4v) is 2.71. The number of rotatable bonds is 6. The molecule has 0 atom stereocenters. The topological polar surface area (TPSA) is 9.23 Å². The summed E-state index contributed by atoms with van der Waals surface area (Å²) in [6.45, 7) is 2.67. The van der Waals surface area contributed by atoms with Gasteiger partial charge in [0.15, 0.2) is 0 Å². The van der Waals surface area contributed by atoms with Gasteiger partial charge in [0.1, 0.15) is 11.6 Å². The van der Waals surface area contributed by atoms with Crippen molar-refractivity contribution in [1.82, 2.24) is 0 Å². The van der Waals surface area contributed by atoms with Crippen molar-refractivity contribution in [1.29, 1.82) is 0 Å². The molecule has 0 radical (unpaired) electrons. The van der Waals surface area contributed by atoms with Gasteiger partial charge in [0.25, 0.3) is 0 Å². The summed E-state index contributed by atoms with van der Waals surface area (Å²) in [7, 11) is 0. The van der Waals surface area contributed by atoms with Crippen molar-refractivity contribution in [3.05, 3.63) is 89.7 Å². The second kappa shape index (κ2) is 7.78. The van der Waals surface area contributed by atoms with Crippen LogP contribution in [0.2, 0.25) is 0 Å². The van der Waals surface area contributed by atoms with Gasteiger partial charge in [-0.3, -0.25) is 0 Å². The highest BCUT2D eigenvalue weighted by atomic mass is 19.1. The minimum absolute atomic E-state index is 0.182. The lowest BCUT2D eigenvalue weighted by Crippen LogP contribution is -1.92. The van der Waals surface area contributed by atoms with Gasteiger partial charge < -0.3 is 4.74 Å². The Morgan fingerprint density at radius 3 is 1.62 bits per heavy atom. The smallest absolute Gasteiger partial charge is 0.123 e. The standard InChI is InChI=1S/C22H21FO/c1-2-24-22-15-11-20(12-16-22)19-9-5-17(6-10-19)3-4-18-7-13-21(23)14-8-18/h5-16H,2-4H2,1H3. The third-order valence-corrected chi connectivity index (χ3v) is 4.07. The molecule has 3 aromatic rings. The molecule has 0 aliphatic heterocycles. The number of hydrogen-bond acceptors (Lipinski definition) is 1. The number of benzene rings is 3. The van der Waals surface area contributed by atoms with Crippen LogP contribution in [0.25, 0.3) is 11.1 Å².